The number of carbonyl (C=O) groups is 1. The molecular weight excluding hydrogens is 290 g/mol. The summed E-state index contributed by atoms with van der Waals surface area (Å²) in [6, 6.07) is 3.69. The number of hydrogen-bond donors (Lipinski definition) is 0. The summed E-state index contributed by atoms with van der Waals surface area (Å²) >= 11 is 6.19. The first-order valence-corrected chi connectivity index (χ1v) is 7.01. The fourth-order valence-corrected chi connectivity index (χ4v) is 2.22. The number of halogens is 1. The fourth-order valence-electron chi connectivity index (χ4n) is 1.98. The Kier molecular flexibility index (Phi) is 4.93. The third-order valence-electron chi connectivity index (χ3n) is 2.92. The molecule has 2 rings (SSSR count). The van der Waals surface area contributed by atoms with E-state index < -0.39 is 0 Å². The molecule has 0 aromatic carbocycles. The number of hydrogen-bond acceptors (Lipinski definition) is 4. The van der Waals surface area contributed by atoms with Crippen LogP contribution in [0.25, 0.3) is 5.69 Å². The van der Waals surface area contributed by atoms with Crippen LogP contribution in [0.2, 0.25) is 5.15 Å². The average Bonchev–Trinajstić information content (AvgIpc) is 2.82. The molecule has 0 bridgehead atoms. The Morgan fingerprint density at radius 1 is 1.43 bits per heavy atom. The van der Waals surface area contributed by atoms with Crippen LogP contribution < -0.4 is 4.90 Å². The van der Waals surface area contributed by atoms with Gasteiger partial charge in [0.15, 0.2) is 5.15 Å². The number of pyridine rings is 1. The molecule has 0 aliphatic heterocycles. The van der Waals surface area contributed by atoms with Crippen molar-refractivity contribution in [2.24, 2.45) is 0 Å². The summed E-state index contributed by atoms with van der Waals surface area (Å²) in [6.45, 7) is 2.76. The van der Waals surface area contributed by atoms with Crippen molar-refractivity contribution in [2.75, 3.05) is 32.1 Å². The van der Waals surface area contributed by atoms with E-state index in [1.54, 1.807) is 28.2 Å². The van der Waals surface area contributed by atoms with Crippen molar-refractivity contribution >= 4 is 23.2 Å². The van der Waals surface area contributed by atoms with Gasteiger partial charge in [-0.05, 0) is 33.2 Å². The van der Waals surface area contributed by atoms with E-state index in [2.05, 4.69) is 10.1 Å². The molecule has 0 unspecified atom stereocenters. The Balaban J connectivity index is 2.31. The molecule has 0 saturated carbocycles. The number of anilines is 1. The van der Waals surface area contributed by atoms with Crippen molar-refractivity contribution in [3.63, 3.8) is 0 Å². The molecule has 0 aliphatic rings. The normalized spacial score (nSPS) is 10.9. The number of rotatable bonds is 5. The number of likely N-dealkylation sites (N-methyl/N-ethyl adjacent to an activating group) is 2. The molecular formula is C14H18ClN5O. The van der Waals surface area contributed by atoms with Gasteiger partial charge in [-0.25, -0.2) is 4.68 Å². The zero-order valence-corrected chi connectivity index (χ0v) is 13.1. The van der Waals surface area contributed by atoms with E-state index in [0.29, 0.717) is 23.9 Å². The molecule has 21 heavy (non-hydrogen) atoms. The van der Waals surface area contributed by atoms with Crippen LogP contribution in [0.5, 0.6) is 0 Å². The minimum absolute atomic E-state index is 0.0184. The van der Waals surface area contributed by atoms with Gasteiger partial charge in [0.25, 0.3) is 0 Å². The van der Waals surface area contributed by atoms with Gasteiger partial charge in [0.2, 0.25) is 5.91 Å². The van der Waals surface area contributed by atoms with E-state index in [9.17, 15) is 4.79 Å². The Hall–Kier alpha value is -1.92. The molecule has 0 aliphatic carbocycles. The number of aromatic nitrogens is 3. The summed E-state index contributed by atoms with van der Waals surface area (Å²) in [5.41, 5.74) is 1.40. The van der Waals surface area contributed by atoms with Gasteiger partial charge in [0, 0.05) is 12.7 Å². The van der Waals surface area contributed by atoms with Crippen LogP contribution in [0.15, 0.2) is 30.7 Å². The number of amides is 1. The number of carbonyl (C=O) groups excluding carboxylic acids is 1. The van der Waals surface area contributed by atoms with Gasteiger partial charge >= 0.3 is 0 Å². The average molecular weight is 308 g/mol. The minimum Gasteiger partial charge on any atom is -0.307 e. The first-order valence-electron chi connectivity index (χ1n) is 6.63. The Morgan fingerprint density at radius 3 is 2.76 bits per heavy atom. The van der Waals surface area contributed by atoms with Crippen LogP contribution in [0, 0.1) is 0 Å². The van der Waals surface area contributed by atoms with Crippen molar-refractivity contribution in [1.82, 2.24) is 19.7 Å². The monoisotopic (exact) mass is 307 g/mol. The van der Waals surface area contributed by atoms with Gasteiger partial charge < -0.3 is 9.80 Å². The van der Waals surface area contributed by atoms with E-state index in [-0.39, 0.29) is 5.91 Å². The molecule has 2 aromatic rings. The minimum atomic E-state index is -0.0184. The fraction of sp³-hybridized carbons (Fsp3) is 0.357. The van der Waals surface area contributed by atoms with E-state index in [1.807, 2.05) is 38.1 Å². The van der Waals surface area contributed by atoms with Gasteiger partial charge in [-0.15, -0.1) is 0 Å². The van der Waals surface area contributed by atoms with Gasteiger partial charge in [0.05, 0.1) is 24.6 Å². The maximum absolute atomic E-state index is 12.3. The molecule has 0 atom stereocenters. The Bertz CT molecular complexity index is 611. The standard InChI is InChI=1S/C14H18ClN5O/c1-4-19(13(21)10-18(2)3)12-9-20(17-14(12)15)11-6-5-7-16-8-11/h5-9H,4,10H2,1-3H3. The van der Waals surface area contributed by atoms with Crippen LogP contribution in [0.4, 0.5) is 5.69 Å². The summed E-state index contributed by atoms with van der Waals surface area (Å²) < 4.78 is 1.62. The molecule has 0 saturated heterocycles. The van der Waals surface area contributed by atoms with Crippen LogP contribution in [0.1, 0.15) is 6.92 Å². The van der Waals surface area contributed by atoms with Crippen molar-refractivity contribution in [3.8, 4) is 5.69 Å². The first kappa shape index (κ1) is 15.5. The van der Waals surface area contributed by atoms with Crippen LogP contribution in [-0.2, 0) is 4.79 Å². The topological polar surface area (TPSA) is 54.3 Å². The van der Waals surface area contributed by atoms with Gasteiger partial charge in [0.1, 0.15) is 5.69 Å². The summed E-state index contributed by atoms with van der Waals surface area (Å²) in [4.78, 5) is 19.8. The predicted molar refractivity (Wildman–Crippen MR) is 83.0 cm³/mol. The maximum atomic E-state index is 12.3. The second-order valence-electron chi connectivity index (χ2n) is 4.84. The lowest BCUT2D eigenvalue weighted by Crippen LogP contribution is -2.37. The quantitative estimate of drug-likeness (QED) is 0.846. The van der Waals surface area contributed by atoms with Gasteiger partial charge in [-0.3, -0.25) is 9.78 Å². The largest absolute Gasteiger partial charge is 0.307 e. The lowest BCUT2D eigenvalue weighted by Gasteiger charge is -2.21. The lowest BCUT2D eigenvalue weighted by molar-refractivity contribution is -0.119. The van der Waals surface area contributed by atoms with Crippen molar-refractivity contribution in [1.29, 1.82) is 0 Å². The Morgan fingerprint density at radius 2 is 2.19 bits per heavy atom. The zero-order valence-electron chi connectivity index (χ0n) is 12.3. The van der Waals surface area contributed by atoms with Gasteiger partial charge in [-0.2, -0.15) is 5.10 Å². The highest BCUT2D eigenvalue weighted by Gasteiger charge is 2.20. The molecule has 7 heteroatoms. The van der Waals surface area contributed by atoms with Gasteiger partial charge in [-0.1, -0.05) is 11.6 Å². The highest BCUT2D eigenvalue weighted by atomic mass is 35.5. The molecule has 0 fully saturated rings. The molecule has 2 heterocycles. The molecule has 0 spiro atoms. The second kappa shape index (κ2) is 6.69. The van der Waals surface area contributed by atoms with Crippen molar-refractivity contribution in [2.45, 2.75) is 6.92 Å². The highest BCUT2D eigenvalue weighted by molar-refractivity contribution is 6.32. The second-order valence-corrected chi connectivity index (χ2v) is 5.19. The Labute approximate surface area is 128 Å². The molecule has 6 nitrogen and oxygen atoms in total. The van der Waals surface area contributed by atoms with Crippen LogP contribution in [0.3, 0.4) is 0 Å². The van der Waals surface area contributed by atoms with Crippen LogP contribution in [-0.4, -0.2) is 52.8 Å². The van der Waals surface area contributed by atoms with E-state index in [1.165, 1.54) is 0 Å². The van der Waals surface area contributed by atoms with Crippen LogP contribution >= 0.6 is 11.6 Å². The summed E-state index contributed by atoms with van der Waals surface area (Å²) in [5.74, 6) is -0.0184. The third kappa shape index (κ3) is 3.59. The first-order chi connectivity index (χ1) is 10.0. The zero-order chi connectivity index (χ0) is 15.4. The van der Waals surface area contributed by atoms with E-state index in [4.69, 9.17) is 11.6 Å². The predicted octanol–water partition coefficient (Wildman–Crippen LogP) is 1.84. The van der Waals surface area contributed by atoms with Crippen molar-refractivity contribution < 1.29 is 4.79 Å². The smallest absolute Gasteiger partial charge is 0.241 e. The lowest BCUT2D eigenvalue weighted by atomic mass is 10.4. The van der Waals surface area contributed by atoms with E-state index >= 15 is 0 Å². The SMILES string of the molecule is CCN(C(=O)CN(C)C)c1cn(-c2cccnc2)nc1Cl. The molecule has 1 amide bonds. The molecule has 0 N–H and O–H groups in total. The summed E-state index contributed by atoms with van der Waals surface area (Å²) in [6.07, 6.45) is 5.12. The summed E-state index contributed by atoms with van der Waals surface area (Å²) in [7, 11) is 3.71. The molecule has 2 aromatic heterocycles. The highest BCUT2D eigenvalue weighted by Crippen LogP contribution is 2.26. The van der Waals surface area contributed by atoms with E-state index in [0.717, 1.165) is 5.69 Å². The molecule has 0 radical (unpaired) electrons. The summed E-state index contributed by atoms with van der Waals surface area (Å²) in [5, 5.41) is 4.54. The third-order valence-corrected chi connectivity index (χ3v) is 3.19. The number of nitrogens with zero attached hydrogens (tertiary/aromatic N) is 5. The van der Waals surface area contributed by atoms with Crippen molar-refractivity contribution in [3.05, 3.63) is 35.9 Å². The maximum Gasteiger partial charge on any atom is 0.241 e. The molecule has 112 valence electrons.